The van der Waals surface area contributed by atoms with E-state index in [1.807, 2.05) is 14.0 Å². The minimum absolute atomic E-state index is 0.609. The molecule has 4 heteroatoms. The van der Waals surface area contributed by atoms with E-state index in [-0.39, 0.29) is 0 Å². The monoisotopic (exact) mass is 261 g/mol. The maximum Gasteiger partial charge on any atom is 0.191 e. The summed E-state index contributed by atoms with van der Waals surface area (Å²) in [5.41, 5.74) is 8.32. The molecule has 1 aromatic rings. The zero-order chi connectivity index (χ0) is 13.7. The lowest BCUT2D eigenvalue weighted by Gasteiger charge is -2.16. The summed E-state index contributed by atoms with van der Waals surface area (Å²) >= 11 is 0. The number of nitrogens with zero attached hydrogens (tertiary/aromatic N) is 2. The van der Waals surface area contributed by atoms with Crippen LogP contribution in [0.5, 0.6) is 0 Å². The van der Waals surface area contributed by atoms with Crippen LogP contribution in [0.4, 0.5) is 0 Å². The molecule has 1 saturated carbocycles. The SMILES string of the molecule is CCOCc1ccc(CN=C(N)N(C)C2CC2)cc1. The Morgan fingerprint density at radius 2 is 1.95 bits per heavy atom. The summed E-state index contributed by atoms with van der Waals surface area (Å²) in [6.07, 6.45) is 2.47. The summed E-state index contributed by atoms with van der Waals surface area (Å²) < 4.78 is 5.37. The minimum atomic E-state index is 0.609. The van der Waals surface area contributed by atoms with Gasteiger partial charge in [-0.15, -0.1) is 0 Å². The second-order valence-electron chi connectivity index (χ2n) is 4.97. The summed E-state index contributed by atoms with van der Waals surface area (Å²) in [6, 6.07) is 8.95. The molecule has 104 valence electrons. The summed E-state index contributed by atoms with van der Waals surface area (Å²) in [6.45, 7) is 4.06. The van der Waals surface area contributed by atoms with Gasteiger partial charge in [-0.2, -0.15) is 0 Å². The van der Waals surface area contributed by atoms with Gasteiger partial charge in [-0.05, 0) is 30.9 Å². The molecule has 2 rings (SSSR count). The minimum Gasteiger partial charge on any atom is -0.377 e. The molecular formula is C15H23N3O. The number of rotatable bonds is 6. The zero-order valence-electron chi connectivity index (χ0n) is 11.8. The van der Waals surface area contributed by atoms with Gasteiger partial charge in [-0.3, -0.25) is 0 Å². The Morgan fingerprint density at radius 1 is 1.32 bits per heavy atom. The van der Waals surface area contributed by atoms with Crippen LogP contribution in [-0.4, -0.2) is 30.6 Å². The van der Waals surface area contributed by atoms with Crippen LogP contribution >= 0.6 is 0 Å². The molecule has 0 aromatic heterocycles. The van der Waals surface area contributed by atoms with E-state index >= 15 is 0 Å². The van der Waals surface area contributed by atoms with Crippen LogP contribution in [0.2, 0.25) is 0 Å². The van der Waals surface area contributed by atoms with Gasteiger partial charge in [0.2, 0.25) is 0 Å². The first-order valence-electron chi connectivity index (χ1n) is 6.89. The number of ether oxygens (including phenoxy) is 1. The maximum absolute atomic E-state index is 5.96. The highest BCUT2D eigenvalue weighted by atomic mass is 16.5. The molecule has 0 spiro atoms. The van der Waals surface area contributed by atoms with E-state index in [9.17, 15) is 0 Å². The number of aliphatic imine (C=N–C) groups is 1. The van der Waals surface area contributed by atoms with Crippen LogP contribution in [0.3, 0.4) is 0 Å². The van der Waals surface area contributed by atoms with E-state index in [0.29, 0.717) is 25.2 Å². The molecule has 19 heavy (non-hydrogen) atoms. The molecule has 1 fully saturated rings. The van der Waals surface area contributed by atoms with Gasteiger partial charge in [0.15, 0.2) is 5.96 Å². The Hall–Kier alpha value is -1.55. The van der Waals surface area contributed by atoms with E-state index in [2.05, 4.69) is 34.2 Å². The maximum atomic E-state index is 5.96. The standard InChI is InChI=1S/C15H23N3O/c1-3-19-11-13-6-4-12(5-7-13)10-17-15(16)18(2)14-8-9-14/h4-7,14H,3,8-11H2,1-2H3,(H2,16,17). The van der Waals surface area contributed by atoms with Crippen LogP contribution < -0.4 is 5.73 Å². The average molecular weight is 261 g/mol. The van der Waals surface area contributed by atoms with Gasteiger partial charge in [0.25, 0.3) is 0 Å². The van der Waals surface area contributed by atoms with Crippen molar-refractivity contribution in [3.05, 3.63) is 35.4 Å². The average Bonchev–Trinajstić information content (AvgIpc) is 3.27. The quantitative estimate of drug-likeness (QED) is 0.630. The second kappa shape index (κ2) is 6.57. The zero-order valence-corrected chi connectivity index (χ0v) is 11.8. The Labute approximate surface area is 115 Å². The summed E-state index contributed by atoms with van der Waals surface area (Å²) in [5, 5.41) is 0. The first kappa shape index (κ1) is 13.9. The fourth-order valence-electron chi connectivity index (χ4n) is 1.89. The lowest BCUT2D eigenvalue weighted by Crippen LogP contribution is -2.35. The molecule has 0 unspecified atom stereocenters. The molecule has 2 N–H and O–H groups in total. The number of nitrogens with two attached hydrogens (primary N) is 1. The molecule has 0 amide bonds. The normalized spacial score (nSPS) is 15.6. The van der Waals surface area contributed by atoms with Gasteiger partial charge in [-0.25, -0.2) is 4.99 Å². The largest absolute Gasteiger partial charge is 0.377 e. The fraction of sp³-hybridized carbons (Fsp3) is 0.533. The third-order valence-corrected chi connectivity index (χ3v) is 3.38. The van der Waals surface area contributed by atoms with Crippen molar-refractivity contribution < 1.29 is 4.74 Å². The summed E-state index contributed by atoms with van der Waals surface area (Å²) in [5.74, 6) is 0.640. The molecule has 1 aliphatic rings. The predicted molar refractivity (Wildman–Crippen MR) is 77.9 cm³/mol. The van der Waals surface area contributed by atoms with Crippen molar-refractivity contribution in [3.8, 4) is 0 Å². The van der Waals surface area contributed by atoms with Gasteiger partial charge in [0.1, 0.15) is 0 Å². The lowest BCUT2D eigenvalue weighted by molar-refractivity contribution is 0.134. The Kier molecular flexibility index (Phi) is 4.80. The lowest BCUT2D eigenvalue weighted by atomic mass is 10.1. The Morgan fingerprint density at radius 3 is 2.53 bits per heavy atom. The van der Waals surface area contributed by atoms with E-state index in [0.717, 1.165) is 6.61 Å². The molecule has 0 radical (unpaired) electrons. The van der Waals surface area contributed by atoms with Crippen molar-refractivity contribution in [3.63, 3.8) is 0 Å². The van der Waals surface area contributed by atoms with Crippen molar-refractivity contribution >= 4 is 5.96 Å². The van der Waals surface area contributed by atoms with Crippen LogP contribution in [0, 0.1) is 0 Å². The van der Waals surface area contributed by atoms with Gasteiger partial charge >= 0.3 is 0 Å². The first-order chi connectivity index (χ1) is 9.20. The molecule has 0 heterocycles. The van der Waals surface area contributed by atoms with Crippen molar-refractivity contribution in [2.45, 2.75) is 39.0 Å². The van der Waals surface area contributed by atoms with Crippen LogP contribution in [-0.2, 0) is 17.9 Å². The van der Waals surface area contributed by atoms with Crippen molar-refractivity contribution in [2.75, 3.05) is 13.7 Å². The summed E-state index contributed by atoms with van der Waals surface area (Å²) in [7, 11) is 2.02. The number of benzene rings is 1. The highest BCUT2D eigenvalue weighted by molar-refractivity contribution is 5.78. The highest BCUT2D eigenvalue weighted by Crippen LogP contribution is 2.24. The Balaban J connectivity index is 1.86. The van der Waals surface area contributed by atoms with E-state index < -0.39 is 0 Å². The van der Waals surface area contributed by atoms with Gasteiger partial charge in [0, 0.05) is 19.7 Å². The van der Waals surface area contributed by atoms with Gasteiger partial charge in [0.05, 0.1) is 13.2 Å². The fourth-order valence-corrected chi connectivity index (χ4v) is 1.89. The smallest absolute Gasteiger partial charge is 0.191 e. The van der Waals surface area contributed by atoms with E-state index in [1.165, 1.54) is 24.0 Å². The summed E-state index contributed by atoms with van der Waals surface area (Å²) in [4.78, 5) is 6.51. The number of hydrogen-bond donors (Lipinski definition) is 1. The molecule has 4 nitrogen and oxygen atoms in total. The Bertz CT molecular complexity index is 424. The third-order valence-electron chi connectivity index (χ3n) is 3.38. The van der Waals surface area contributed by atoms with Crippen molar-refractivity contribution in [1.82, 2.24) is 4.90 Å². The molecule has 0 bridgehead atoms. The molecular weight excluding hydrogens is 238 g/mol. The number of guanidine groups is 1. The predicted octanol–water partition coefficient (Wildman–Crippen LogP) is 2.13. The van der Waals surface area contributed by atoms with Crippen molar-refractivity contribution in [2.24, 2.45) is 10.7 Å². The van der Waals surface area contributed by atoms with E-state index in [1.54, 1.807) is 0 Å². The first-order valence-corrected chi connectivity index (χ1v) is 6.89. The molecule has 1 aromatic carbocycles. The molecule has 1 aliphatic carbocycles. The van der Waals surface area contributed by atoms with Gasteiger partial charge < -0.3 is 15.4 Å². The third kappa shape index (κ3) is 4.24. The highest BCUT2D eigenvalue weighted by Gasteiger charge is 2.27. The van der Waals surface area contributed by atoms with E-state index in [4.69, 9.17) is 10.5 Å². The van der Waals surface area contributed by atoms with Gasteiger partial charge in [-0.1, -0.05) is 24.3 Å². The van der Waals surface area contributed by atoms with Crippen molar-refractivity contribution in [1.29, 1.82) is 0 Å². The molecule has 0 atom stereocenters. The molecule has 0 saturated heterocycles. The molecule has 0 aliphatic heterocycles. The van der Waals surface area contributed by atoms with Crippen LogP contribution in [0.15, 0.2) is 29.3 Å². The van der Waals surface area contributed by atoms with Crippen LogP contribution in [0.25, 0.3) is 0 Å². The topological polar surface area (TPSA) is 50.9 Å². The van der Waals surface area contributed by atoms with Crippen LogP contribution in [0.1, 0.15) is 30.9 Å². The number of hydrogen-bond acceptors (Lipinski definition) is 2. The second-order valence-corrected chi connectivity index (χ2v) is 4.97.